The molecular weight excluding hydrogens is 469 g/mol. The SMILES string of the molecule is CC(c1ncc(N2CCC[C@@H](NCC3CCC3)C2)cc1F)n1cc(-c2cncc(N3CCCC3)n2)nn1. The zero-order valence-electron chi connectivity index (χ0n) is 21.6. The highest BCUT2D eigenvalue weighted by atomic mass is 19.1. The fraction of sp³-hybridized carbons (Fsp3) is 0.593. The number of nitrogens with one attached hydrogen (secondary N) is 1. The summed E-state index contributed by atoms with van der Waals surface area (Å²) in [6, 6.07) is 1.68. The van der Waals surface area contributed by atoms with Crippen LogP contribution in [0.4, 0.5) is 15.9 Å². The molecule has 2 saturated heterocycles. The van der Waals surface area contributed by atoms with E-state index in [9.17, 15) is 0 Å². The molecular formula is C27H36FN9. The molecule has 196 valence electrons. The van der Waals surface area contributed by atoms with Crippen molar-refractivity contribution in [2.24, 2.45) is 5.92 Å². The van der Waals surface area contributed by atoms with E-state index < -0.39 is 6.04 Å². The summed E-state index contributed by atoms with van der Waals surface area (Å²) < 4.78 is 17.0. The van der Waals surface area contributed by atoms with E-state index in [2.05, 4.69) is 35.4 Å². The standard InChI is InChI=1S/C27H36FN9/c1-19(37-18-25(33-34-37)24-15-29-16-26(32-24)35-9-2-3-10-35)27-23(28)12-22(14-31-27)36-11-5-8-21(17-36)30-13-20-6-4-7-20/h12,14-16,18-21,30H,2-11,13,17H2,1H3/t19?,21-/m1/s1. The predicted molar refractivity (Wildman–Crippen MR) is 141 cm³/mol. The van der Waals surface area contributed by atoms with Gasteiger partial charge in [-0.15, -0.1) is 5.10 Å². The van der Waals surface area contributed by atoms with Gasteiger partial charge in [0, 0.05) is 38.3 Å². The van der Waals surface area contributed by atoms with Gasteiger partial charge in [-0.1, -0.05) is 11.6 Å². The van der Waals surface area contributed by atoms with Crippen LogP contribution in [0.15, 0.2) is 30.9 Å². The van der Waals surface area contributed by atoms with Gasteiger partial charge in [0.05, 0.1) is 36.5 Å². The maximum absolute atomic E-state index is 15.3. The van der Waals surface area contributed by atoms with Gasteiger partial charge in [0.2, 0.25) is 0 Å². The maximum Gasteiger partial charge on any atom is 0.148 e. The van der Waals surface area contributed by atoms with Gasteiger partial charge in [0.1, 0.15) is 28.7 Å². The fourth-order valence-electron chi connectivity index (χ4n) is 5.61. The molecule has 0 spiro atoms. The largest absolute Gasteiger partial charge is 0.369 e. The lowest BCUT2D eigenvalue weighted by Gasteiger charge is -2.36. The molecule has 5 heterocycles. The van der Waals surface area contributed by atoms with E-state index >= 15 is 4.39 Å². The van der Waals surface area contributed by atoms with E-state index in [0.29, 0.717) is 23.1 Å². The number of aromatic nitrogens is 6. The van der Waals surface area contributed by atoms with Crippen molar-refractivity contribution >= 4 is 11.5 Å². The van der Waals surface area contributed by atoms with Gasteiger partial charge < -0.3 is 15.1 Å². The summed E-state index contributed by atoms with van der Waals surface area (Å²) in [6.45, 7) is 6.82. The molecule has 3 aromatic rings. The van der Waals surface area contributed by atoms with Crippen LogP contribution in [0, 0.1) is 11.7 Å². The van der Waals surface area contributed by atoms with Crippen LogP contribution in [0.2, 0.25) is 0 Å². The average molecular weight is 506 g/mol. The number of rotatable bonds is 8. The molecule has 0 amide bonds. The normalized spacial score (nSPS) is 21.3. The number of hydrogen-bond acceptors (Lipinski definition) is 8. The summed E-state index contributed by atoms with van der Waals surface area (Å²) >= 11 is 0. The van der Waals surface area contributed by atoms with Gasteiger partial charge in [-0.25, -0.2) is 14.1 Å². The Morgan fingerprint density at radius 3 is 2.62 bits per heavy atom. The monoisotopic (exact) mass is 505 g/mol. The van der Waals surface area contributed by atoms with Crippen molar-refractivity contribution < 1.29 is 4.39 Å². The van der Waals surface area contributed by atoms with E-state index in [0.717, 1.165) is 56.6 Å². The number of piperidine rings is 1. The van der Waals surface area contributed by atoms with E-state index in [1.54, 1.807) is 35.5 Å². The quantitative estimate of drug-likeness (QED) is 0.494. The third kappa shape index (κ3) is 5.30. The molecule has 3 aromatic heterocycles. The summed E-state index contributed by atoms with van der Waals surface area (Å²) in [5.74, 6) is 1.38. The van der Waals surface area contributed by atoms with Crippen molar-refractivity contribution in [1.29, 1.82) is 0 Å². The topological polar surface area (TPSA) is 87.9 Å². The Labute approximate surface area is 217 Å². The minimum Gasteiger partial charge on any atom is -0.369 e. The highest BCUT2D eigenvalue weighted by Crippen LogP contribution is 2.28. The van der Waals surface area contributed by atoms with Crippen LogP contribution in [0.1, 0.15) is 63.6 Å². The Balaban J connectivity index is 1.13. The third-order valence-electron chi connectivity index (χ3n) is 8.18. The van der Waals surface area contributed by atoms with Gasteiger partial charge in [-0.05, 0) is 57.9 Å². The second-order valence-electron chi connectivity index (χ2n) is 10.8. The number of pyridine rings is 1. The minimum atomic E-state index is -0.400. The van der Waals surface area contributed by atoms with Crippen LogP contribution < -0.4 is 15.1 Å². The third-order valence-corrected chi connectivity index (χ3v) is 8.18. The van der Waals surface area contributed by atoms with E-state index in [4.69, 9.17) is 4.98 Å². The molecule has 3 aliphatic rings. The van der Waals surface area contributed by atoms with Crippen molar-refractivity contribution in [2.75, 3.05) is 42.5 Å². The fourth-order valence-corrected chi connectivity index (χ4v) is 5.61. The molecule has 9 nitrogen and oxygen atoms in total. The first-order valence-corrected chi connectivity index (χ1v) is 13.8. The zero-order chi connectivity index (χ0) is 25.2. The molecule has 0 aromatic carbocycles. The Morgan fingerprint density at radius 1 is 1.00 bits per heavy atom. The van der Waals surface area contributed by atoms with E-state index in [1.165, 1.54) is 38.5 Å². The first-order chi connectivity index (χ1) is 18.1. The number of halogens is 1. The van der Waals surface area contributed by atoms with Crippen LogP contribution in [-0.2, 0) is 0 Å². The summed E-state index contributed by atoms with van der Waals surface area (Å²) in [5.41, 5.74) is 2.48. The second-order valence-corrected chi connectivity index (χ2v) is 10.8. The van der Waals surface area contributed by atoms with Gasteiger partial charge in [0.25, 0.3) is 0 Å². The van der Waals surface area contributed by atoms with Crippen LogP contribution >= 0.6 is 0 Å². The van der Waals surface area contributed by atoms with Crippen LogP contribution in [-0.4, -0.2) is 68.7 Å². The molecule has 2 aliphatic heterocycles. The maximum atomic E-state index is 15.3. The number of hydrogen-bond donors (Lipinski definition) is 1. The molecule has 3 fully saturated rings. The Hall–Kier alpha value is -3.14. The Bertz CT molecular complexity index is 1200. The summed E-state index contributed by atoms with van der Waals surface area (Å²) in [5, 5.41) is 12.3. The highest BCUT2D eigenvalue weighted by Gasteiger charge is 2.25. The molecule has 10 heteroatoms. The first kappa shape index (κ1) is 24.2. The van der Waals surface area contributed by atoms with Crippen molar-refractivity contribution in [3.63, 3.8) is 0 Å². The average Bonchev–Trinajstić information content (AvgIpc) is 3.61. The lowest BCUT2D eigenvalue weighted by atomic mass is 9.85. The van der Waals surface area contributed by atoms with Crippen LogP contribution in [0.3, 0.4) is 0 Å². The molecule has 6 rings (SSSR count). The predicted octanol–water partition coefficient (Wildman–Crippen LogP) is 3.84. The highest BCUT2D eigenvalue weighted by molar-refractivity contribution is 5.54. The minimum absolute atomic E-state index is 0.317. The van der Waals surface area contributed by atoms with Crippen molar-refractivity contribution in [3.8, 4) is 11.4 Å². The van der Waals surface area contributed by atoms with Crippen LogP contribution in [0.25, 0.3) is 11.4 Å². The van der Waals surface area contributed by atoms with E-state index in [1.807, 2.05) is 6.92 Å². The molecule has 1 saturated carbocycles. The number of nitrogens with zero attached hydrogens (tertiary/aromatic N) is 8. The Kier molecular flexibility index (Phi) is 6.99. The van der Waals surface area contributed by atoms with Gasteiger partial charge >= 0.3 is 0 Å². The van der Waals surface area contributed by atoms with Crippen molar-refractivity contribution in [1.82, 2.24) is 35.3 Å². The van der Waals surface area contributed by atoms with Gasteiger partial charge in [-0.3, -0.25) is 9.97 Å². The van der Waals surface area contributed by atoms with Crippen LogP contribution in [0.5, 0.6) is 0 Å². The lowest BCUT2D eigenvalue weighted by Crippen LogP contribution is -2.47. The molecule has 2 atom stereocenters. The van der Waals surface area contributed by atoms with Crippen molar-refractivity contribution in [3.05, 3.63) is 42.4 Å². The Morgan fingerprint density at radius 2 is 1.84 bits per heavy atom. The molecule has 1 unspecified atom stereocenters. The van der Waals surface area contributed by atoms with Crippen molar-refractivity contribution in [2.45, 2.75) is 64.0 Å². The number of anilines is 2. The summed E-state index contributed by atoms with van der Waals surface area (Å²) in [4.78, 5) is 18.1. The summed E-state index contributed by atoms with van der Waals surface area (Å²) in [6.07, 6.45) is 15.8. The first-order valence-electron chi connectivity index (χ1n) is 13.8. The molecule has 0 radical (unpaired) electrons. The van der Waals surface area contributed by atoms with E-state index in [-0.39, 0.29) is 5.82 Å². The molecule has 1 aliphatic carbocycles. The smallest absolute Gasteiger partial charge is 0.148 e. The second kappa shape index (κ2) is 10.7. The molecule has 0 bridgehead atoms. The van der Waals surface area contributed by atoms with Gasteiger partial charge in [0.15, 0.2) is 0 Å². The molecule has 37 heavy (non-hydrogen) atoms. The lowest BCUT2D eigenvalue weighted by molar-refractivity contribution is 0.280. The molecule has 1 N–H and O–H groups in total. The zero-order valence-corrected chi connectivity index (χ0v) is 21.6. The van der Waals surface area contributed by atoms with Gasteiger partial charge in [-0.2, -0.15) is 0 Å². The summed E-state index contributed by atoms with van der Waals surface area (Å²) in [7, 11) is 0.